The van der Waals surface area contributed by atoms with Crippen molar-refractivity contribution in [1.29, 1.82) is 0 Å². The first-order valence-corrected chi connectivity index (χ1v) is 6.21. The van der Waals surface area contributed by atoms with Crippen molar-refractivity contribution in [1.82, 2.24) is 4.90 Å². The van der Waals surface area contributed by atoms with Crippen molar-refractivity contribution in [3.8, 4) is 0 Å². The fraction of sp³-hybridized carbons (Fsp3) is 0.571. The van der Waals surface area contributed by atoms with Crippen molar-refractivity contribution in [2.75, 3.05) is 20.6 Å². The molecular formula is C14H21FN2. The van der Waals surface area contributed by atoms with Crippen LogP contribution in [0.3, 0.4) is 0 Å². The van der Waals surface area contributed by atoms with E-state index in [0.29, 0.717) is 13.1 Å². The maximum absolute atomic E-state index is 14.0. The first-order valence-electron chi connectivity index (χ1n) is 6.21. The lowest BCUT2D eigenvalue weighted by atomic mass is 9.64. The van der Waals surface area contributed by atoms with Crippen LogP contribution in [-0.2, 0) is 12.0 Å². The summed E-state index contributed by atoms with van der Waals surface area (Å²) in [6, 6.07) is 5.64. The summed E-state index contributed by atoms with van der Waals surface area (Å²) in [5.74, 6) is -0.101. The van der Waals surface area contributed by atoms with E-state index in [4.69, 9.17) is 5.73 Å². The van der Waals surface area contributed by atoms with E-state index in [1.807, 2.05) is 31.1 Å². The van der Waals surface area contributed by atoms with Gasteiger partial charge < -0.3 is 10.6 Å². The first-order chi connectivity index (χ1) is 8.07. The summed E-state index contributed by atoms with van der Waals surface area (Å²) in [5.41, 5.74) is 7.72. The van der Waals surface area contributed by atoms with Crippen molar-refractivity contribution in [3.63, 3.8) is 0 Å². The van der Waals surface area contributed by atoms with Gasteiger partial charge in [0.2, 0.25) is 0 Å². The minimum Gasteiger partial charge on any atom is -0.330 e. The highest BCUT2D eigenvalue weighted by molar-refractivity contribution is 5.32. The highest BCUT2D eigenvalue weighted by atomic mass is 19.1. The summed E-state index contributed by atoms with van der Waals surface area (Å²) in [6.07, 6.45) is 3.39. The van der Waals surface area contributed by atoms with E-state index in [9.17, 15) is 4.39 Å². The molecule has 0 amide bonds. The SMILES string of the molecule is CN(C)Cc1ccc(C2(CN)CCC2)cc1F. The monoisotopic (exact) mass is 236 g/mol. The maximum atomic E-state index is 14.0. The molecule has 1 aliphatic rings. The minimum atomic E-state index is -0.101. The fourth-order valence-electron chi connectivity index (χ4n) is 2.56. The van der Waals surface area contributed by atoms with Crippen LogP contribution >= 0.6 is 0 Å². The molecule has 0 bridgehead atoms. The Morgan fingerprint density at radius 2 is 2.06 bits per heavy atom. The lowest BCUT2D eigenvalue weighted by Gasteiger charge is -2.41. The molecule has 2 nitrogen and oxygen atoms in total. The fourth-order valence-corrected chi connectivity index (χ4v) is 2.56. The smallest absolute Gasteiger partial charge is 0.127 e. The third kappa shape index (κ3) is 2.35. The second-order valence-electron chi connectivity index (χ2n) is 5.38. The summed E-state index contributed by atoms with van der Waals surface area (Å²) >= 11 is 0. The molecule has 3 heteroatoms. The number of hydrogen-bond acceptors (Lipinski definition) is 2. The van der Waals surface area contributed by atoms with Crippen LogP contribution in [0.15, 0.2) is 18.2 Å². The van der Waals surface area contributed by atoms with Crippen LogP contribution < -0.4 is 5.73 Å². The summed E-state index contributed by atoms with van der Waals surface area (Å²) < 4.78 is 14.0. The number of hydrogen-bond donors (Lipinski definition) is 1. The quantitative estimate of drug-likeness (QED) is 0.869. The first kappa shape index (κ1) is 12.5. The molecule has 0 aliphatic heterocycles. The third-order valence-electron chi connectivity index (χ3n) is 3.85. The zero-order valence-electron chi connectivity index (χ0n) is 10.7. The Morgan fingerprint density at radius 3 is 2.47 bits per heavy atom. The average molecular weight is 236 g/mol. The van der Waals surface area contributed by atoms with Gasteiger partial charge in [0.25, 0.3) is 0 Å². The second kappa shape index (κ2) is 4.75. The van der Waals surface area contributed by atoms with E-state index in [1.165, 1.54) is 6.42 Å². The van der Waals surface area contributed by atoms with Gasteiger partial charge >= 0.3 is 0 Å². The van der Waals surface area contributed by atoms with Gasteiger partial charge in [0.05, 0.1) is 0 Å². The number of benzene rings is 1. The summed E-state index contributed by atoms with van der Waals surface area (Å²) in [7, 11) is 3.89. The van der Waals surface area contributed by atoms with Crippen molar-refractivity contribution >= 4 is 0 Å². The normalized spacial score (nSPS) is 18.2. The predicted molar refractivity (Wildman–Crippen MR) is 68.4 cm³/mol. The number of rotatable bonds is 4. The molecule has 1 fully saturated rings. The van der Waals surface area contributed by atoms with E-state index in [0.717, 1.165) is 24.0 Å². The van der Waals surface area contributed by atoms with Crippen molar-refractivity contribution < 1.29 is 4.39 Å². The van der Waals surface area contributed by atoms with Crippen LogP contribution in [0.4, 0.5) is 4.39 Å². The molecule has 1 saturated carbocycles. The molecule has 0 saturated heterocycles. The zero-order valence-corrected chi connectivity index (χ0v) is 10.7. The van der Waals surface area contributed by atoms with E-state index in [2.05, 4.69) is 0 Å². The maximum Gasteiger partial charge on any atom is 0.127 e. The molecule has 0 spiro atoms. The van der Waals surface area contributed by atoms with Gasteiger partial charge in [0.1, 0.15) is 5.82 Å². The molecule has 0 radical (unpaired) electrons. The van der Waals surface area contributed by atoms with Gasteiger partial charge in [-0.15, -0.1) is 0 Å². The van der Waals surface area contributed by atoms with Gasteiger partial charge in [0.15, 0.2) is 0 Å². The van der Waals surface area contributed by atoms with E-state index in [-0.39, 0.29) is 11.2 Å². The molecule has 2 N–H and O–H groups in total. The van der Waals surface area contributed by atoms with Crippen molar-refractivity contribution in [2.45, 2.75) is 31.2 Å². The molecular weight excluding hydrogens is 215 g/mol. The highest BCUT2D eigenvalue weighted by Crippen LogP contribution is 2.43. The molecule has 17 heavy (non-hydrogen) atoms. The topological polar surface area (TPSA) is 29.3 Å². The van der Waals surface area contributed by atoms with Gasteiger partial charge in [-0.25, -0.2) is 4.39 Å². The Labute approximate surface area is 103 Å². The van der Waals surface area contributed by atoms with Crippen LogP contribution in [0, 0.1) is 5.82 Å². The highest BCUT2D eigenvalue weighted by Gasteiger charge is 2.37. The van der Waals surface area contributed by atoms with Gasteiger partial charge in [-0.05, 0) is 38.6 Å². The van der Waals surface area contributed by atoms with Crippen LogP contribution in [0.2, 0.25) is 0 Å². The molecule has 0 heterocycles. The standard InChI is InChI=1S/C14H21FN2/c1-17(2)9-11-4-5-12(8-13(11)15)14(10-16)6-3-7-14/h4-5,8H,3,6-7,9-10,16H2,1-2H3. The van der Waals surface area contributed by atoms with Crippen LogP contribution in [0.25, 0.3) is 0 Å². The largest absolute Gasteiger partial charge is 0.330 e. The van der Waals surface area contributed by atoms with Gasteiger partial charge in [-0.2, -0.15) is 0 Å². The summed E-state index contributed by atoms with van der Waals surface area (Å²) in [4.78, 5) is 1.97. The Kier molecular flexibility index (Phi) is 3.50. The average Bonchev–Trinajstić information content (AvgIpc) is 2.20. The lowest BCUT2D eigenvalue weighted by Crippen LogP contribution is -2.41. The zero-order chi connectivity index (χ0) is 12.5. The van der Waals surface area contributed by atoms with E-state index in [1.54, 1.807) is 6.07 Å². The Bertz CT molecular complexity index is 392. The van der Waals surface area contributed by atoms with Gasteiger partial charge in [0, 0.05) is 24.1 Å². The molecule has 2 rings (SSSR count). The lowest BCUT2D eigenvalue weighted by molar-refractivity contribution is 0.252. The third-order valence-corrected chi connectivity index (χ3v) is 3.85. The Morgan fingerprint density at radius 1 is 1.35 bits per heavy atom. The Hall–Kier alpha value is -0.930. The molecule has 94 valence electrons. The summed E-state index contributed by atoms with van der Waals surface area (Å²) in [6.45, 7) is 1.27. The van der Waals surface area contributed by atoms with E-state index < -0.39 is 0 Å². The molecule has 1 aromatic rings. The number of nitrogens with two attached hydrogens (primary N) is 1. The number of halogens is 1. The van der Waals surface area contributed by atoms with E-state index >= 15 is 0 Å². The van der Waals surface area contributed by atoms with Crippen LogP contribution in [0.1, 0.15) is 30.4 Å². The molecule has 0 aromatic heterocycles. The van der Waals surface area contributed by atoms with Crippen LogP contribution in [0.5, 0.6) is 0 Å². The Balaban J connectivity index is 2.24. The van der Waals surface area contributed by atoms with Gasteiger partial charge in [-0.3, -0.25) is 0 Å². The van der Waals surface area contributed by atoms with Gasteiger partial charge in [-0.1, -0.05) is 18.6 Å². The second-order valence-corrected chi connectivity index (χ2v) is 5.38. The van der Waals surface area contributed by atoms with Crippen molar-refractivity contribution in [2.24, 2.45) is 5.73 Å². The number of nitrogens with zero attached hydrogens (tertiary/aromatic N) is 1. The molecule has 0 unspecified atom stereocenters. The summed E-state index contributed by atoms with van der Waals surface area (Å²) in [5, 5.41) is 0. The van der Waals surface area contributed by atoms with Crippen molar-refractivity contribution in [3.05, 3.63) is 35.1 Å². The predicted octanol–water partition coefficient (Wildman–Crippen LogP) is 2.27. The molecule has 1 aromatic carbocycles. The molecule has 1 aliphatic carbocycles. The molecule has 0 atom stereocenters. The minimum absolute atomic E-state index is 0.0531. The van der Waals surface area contributed by atoms with Crippen LogP contribution in [-0.4, -0.2) is 25.5 Å².